The fourth-order valence-corrected chi connectivity index (χ4v) is 3.44. The van der Waals surface area contributed by atoms with Crippen LogP contribution in [0.3, 0.4) is 0 Å². The lowest BCUT2D eigenvalue weighted by atomic mass is 9.98. The third kappa shape index (κ3) is 5.54. The summed E-state index contributed by atoms with van der Waals surface area (Å²) in [6.07, 6.45) is 9.42. The number of rotatable bonds is 8. The van der Waals surface area contributed by atoms with Gasteiger partial charge in [0.15, 0.2) is 0 Å². The smallest absolute Gasteiger partial charge is 0.141 e. The van der Waals surface area contributed by atoms with Crippen molar-refractivity contribution in [2.24, 2.45) is 11.6 Å². The maximum absolute atomic E-state index is 6.40. The van der Waals surface area contributed by atoms with Crippen molar-refractivity contribution in [3.05, 3.63) is 47.7 Å². The average Bonchev–Trinajstić information content (AvgIpc) is 2.76. The highest BCUT2D eigenvalue weighted by atomic mass is 16.5. The van der Waals surface area contributed by atoms with Crippen LogP contribution in [0.4, 0.5) is 0 Å². The van der Waals surface area contributed by atoms with E-state index in [-0.39, 0.29) is 12.7 Å². The zero-order chi connectivity index (χ0) is 21.5. The molecule has 0 saturated heterocycles. The molecular weight excluding hydrogens is 382 g/mol. The summed E-state index contributed by atoms with van der Waals surface area (Å²) in [5.41, 5.74) is 8.88. The lowest BCUT2D eigenvalue weighted by Crippen LogP contribution is -2.31. The number of likely N-dealkylation sites (N-methyl/N-ethyl adjacent to an activating group) is 1. The summed E-state index contributed by atoms with van der Waals surface area (Å²) < 4.78 is 17.1. The summed E-state index contributed by atoms with van der Waals surface area (Å²) in [6, 6.07) is 5.54. The van der Waals surface area contributed by atoms with Crippen LogP contribution >= 0.6 is 0 Å². The van der Waals surface area contributed by atoms with Crippen LogP contribution in [0.5, 0.6) is 17.2 Å². The number of hydrogen-bond donors (Lipinski definition) is 2. The van der Waals surface area contributed by atoms with Crippen molar-refractivity contribution in [3.63, 3.8) is 0 Å². The van der Waals surface area contributed by atoms with Crippen LogP contribution in [0.15, 0.2) is 36.3 Å². The van der Waals surface area contributed by atoms with Gasteiger partial charge < -0.3 is 25.0 Å². The minimum absolute atomic E-state index is 0.161. The maximum Gasteiger partial charge on any atom is 0.141 e. The molecule has 1 saturated carbocycles. The lowest BCUT2D eigenvalue weighted by Gasteiger charge is -2.24. The van der Waals surface area contributed by atoms with Crippen LogP contribution in [-0.2, 0) is 0 Å². The van der Waals surface area contributed by atoms with Crippen molar-refractivity contribution in [2.45, 2.75) is 45.1 Å². The Morgan fingerprint density at radius 3 is 2.57 bits per heavy atom. The van der Waals surface area contributed by atoms with Gasteiger partial charge in [-0.15, -0.1) is 0 Å². The van der Waals surface area contributed by atoms with Gasteiger partial charge in [-0.3, -0.25) is 4.98 Å². The third-order valence-corrected chi connectivity index (χ3v) is 5.20. The Morgan fingerprint density at radius 1 is 1.17 bits per heavy atom. The molecule has 162 valence electrons. The molecular formula is C22H31N5O3. The standard InChI is InChI=1S/C22H31N5O3/c1-15-21(30-16-7-5-4-6-8-16)10-9-19(26-15)22(23)20(27(2)24)14-29-18-11-17(28-3)12-25-13-18/h9-13,16H,4-8,14,23-24H2,1-3H3/b22-20-. The van der Waals surface area contributed by atoms with Gasteiger partial charge >= 0.3 is 0 Å². The number of hydrazine groups is 1. The molecule has 2 aromatic rings. The van der Waals surface area contributed by atoms with Crippen molar-refractivity contribution in [1.82, 2.24) is 15.0 Å². The van der Waals surface area contributed by atoms with Crippen LogP contribution in [0.25, 0.3) is 5.70 Å². The highest BCUT2D eigenvalue weighted by molar-refractivity contribution is 5.63. The molecule has 0 atom stereocenters. The fraction of sp³-hybridized carbons (Fsp3) is 0.455. The van der Waals surface area contributed by atoms with Crippen molar-refractivity contribution in [2.75, 3.05) is 20.8 Å². The largest absolute Gasteiger partial charge is 0.495 e. The van der Waals surface area contributed by atoms with Gasteiger partial charge in [0.25, 0.3) is 0 Å². The lowest BCUT2D eigenvalue weighted by molar-refractivity contribution is 0.153. The Kier molecular flexibility index (Phi) is 7.35. The molecule has 1 fully saturated rings. The zero-order valence-electron chi connectivity index (χ0n) is 17.9. The first-order valence-corrected chi connectivity index (χ1v) is 10.2. The first-order valence-electron chi connectivity index (χ1n) is 10.2. The second-order valence-corrected chi connectivity index (χ2v) is 7.48. The zero-order valence-corrected chi connectivity index (χ0v) is 17.9. The number of aryl methyl sites for hydroxylation is 1. The molecule has 0 bridgehead atoms. The predicted molar refractivity (Wildman–Crippen MR) is 116 cm³/mol. The molecule has 1 aliphatic carbocycles. The Labute approximate surface area is 177 Å². The molecule has 0 aromatic carbocycles. The van der Waals surface area contributed by atoms with Crippen molar-refractivity contribution in [1.29, 1.82) is 0 Å². The highest BCUT2D eigenvalue weighted by Crippen LogP contribution is 2.26. The monoisotopic (exact) mass is 413 g/mol. The predicted octanol–water partition coefficient (Wildman–Crippen LogP) is 3.02. The number of methoxy groups -OCH3 is 1. The van der Waals surface area contributed by atoms with Gasteiger partial charge in [-0.1, -0.05) is 6.42 Å². The number of hydrogen-bond acceptors (Lipinski definition) is 8. The van der Waals surface area contributed by atoms with Gasteiger partial charge in [-0.05, 0) is 44.7 Å². The van der Waals surface area contributed by atoms with Gasteiger partial charge in [0.1, 0.15) is 23.9 Å². The van der Waals surface area contributed by atoms with Crippen LogP contribution in [0, 0.1) is 6.92 Å². The van der Waals surface area contributed by atoms with Gasteiger partial charge in [-0.2, -0.15) is 0 Å². The molecule has 0 amide bonds. The van der Waals surface area contributed by atoms with E-state index in [2.05, 4.69) is 9.97 Å². The van der Waals surface area contributed by atoms with Crippen LogP contribution in [-0.4, -0.2) is 41.8 Å². The number of ether oxygens (including phenoxy) is 3. The second-order valence-electron chi connectivity index (χ2n) is 7.48. The van der Waals surface area contributed by atoms with E-state index in [1.165, 1.54) is 24.3 Å². The van der Waals surface area contributed by atoms with Gasteiger partial charge in [0, 0.05) is 13.1 Å². The van der Waals surface area contributed by atoms with Crippen LogP contribution in [0.2, 0.25) is 0 Å². The van der Waals surface area contributed by atoms with E-state index in [0.717, 1.165) is 24.3 Å². The topological polar surface area (TPSA) is 109 Å². The Bertz CT molecular complexity index is 879. The summed E-state index contributed by atoms with van der Waals surface area (Å²) in [5.74, 6) is 7.98. The first-order chi connectivity index (χ1) is 14.5. The molecule has 8 nitrogen and oxygen atoms in total. The molecule has 30 heavy (non-hydrogen) atoms. The van der Waals surface area contributed by atoms with E-state index < -0.39 is 0 Å². The maximum atomic E-state index is 6.40. The summed E-state index contributed by atoms with van der Waals surface area (Å²) in [5, 5.41) is 1.44. The van der Waals surface area contributed by atoms with Crippen molar-refractivity contribution >= 4 is 5.70 Å². The average molecular weight is 414 g/mol. The summed E-state index contributed by atoms with van der Waals surface area (Å²) >= 11 is 0. The minimum Gasteiger partial charge on any atom is -0.495 e. The van der Waals surface area contributed by atoms with E-state index in [0.29, 0.717) is 28.6 Å². The normalized spacial score (nSPS) is 15.3. The SMILES string of the molecule is COc1cncc(OC/C(=C(/N)c2ccc(OC3CCCCC3)c(C)n2)N(C)N)c1. The third-order valence-electron chi connectivity index (χ3n) is 5.20. The number of nitrogens with zero attached hydrogens (tertiary/aromatic N) is 3. The van der Waals surface area contributed by atoms with Gasteiger partial charge in [-0.25, -0.2) is 10.8 Å². The molecule has 8 heteroatoms. The van der Waals surface area contributed by atoms with Gasteiger partial charge in [0.2, 0.25) is 0 Å². The fourth-order valence-electron chi connectivity index (χ4n) is 3.44. The van der Waals surface area contributed by atoms with E-state index in [1.54, 1.807) is 32.6 Å². The van der Waals surface area contributed by atoms with E-state index in [9.17, 15) is 0 Å². The highest BCUT2D eigenvalue weighted by Gasteiger charge is 2.17. The Morgan fingerprint density at radius 2 is 1.90 bits per heavy atom. The van der Waals surface area contributed by atoms with E-state index in [1.807, 2.05) is 19.1 Å². The molecule has 3 rings (SSSR count). The molecule has 4 N–H and O–H groups in total. The van der Waals surface area contributed by atoms with Gasteiger partial charge in [0.05, 0.1) is 48.4 Å². The molecule has 0 radical (unpaired) electrons. The summed E-state index contributed by atoms with van der Waals surface area (Å²) in [7, 11) is 3.29. The first kappa shape index (κ1) is 21.7. The molecule has 2 aromatic heterocycles. The molecule has 1 aliphatic rings. The number of pyridine rings is 2. The van der Waals surface area contributed by atoms with E-state index >= 15 is 0 Å². The van der Waals surface area contributed by atoms with Crippen molar-refractivity contribution in [3.8, 4) is 17.2 Å². The second kappa shape index (κ2) is 10.2. The van der Waals surface area contributed by atoms with Crippen LogP contribution < -0.4 is 25.8 Å². The molecule has 2 heterocycles. The number of nitrogens with two attached hydrogens (primary N) is 2. The minimum atomic E-state index is 0.161. The summed E-state index contributed by atoms with van der Waals surface area (Å²) in [4.78, 5) is 8.73. The quantitative estimate of drug-likeness (QED) is 0.502. The number of aromatic nitrogens is 2. The molecule has 0 aliphatic heterocycles. The molecule has 0 unspecified atom stereocenters. The van der Waals surface area contributed by atoms with Crippen LogP contribution in [0.1, 0.15) is 43.5 Å². The summed E-state index contributed by atoms with van der Waals surface area (Å²) in [6.45, 7) is 2.09. The Balaban J connectivity index is 1.75. The van der Waals surface area contributed by atoms with Crippen molar-refractivity contribution < 1.29 is 14.2 Å². The molecule has 0 spiro atoms. The Hall–Kier alpha value is -3.00. The van der Waals surface area contributed by atoms with E-state index in [4.69, 9.17) is 25.8 Å².